The normalized spacial score (nSPS) is 11.3. The molecule has 4 nitrogen and oxygen atoms in total. The highest BCUT2D eigenvalue weighted by molar-refractivity contribution is 8.00. The number of hydrogen-bond donors (Lipinski definition) is 0. The Hall–Kier alpha value is -1.60. The van der Waals surface area contributed by atoms with Crippen molar-refractivity contribution in [3.05, 3.63) is 53.6 Å². The fourth-order valence-corrected chi connectivity index (χ4v) is 4.73. The SMILES string of the molecule is CN(C)CCCN(C(=O)CSc1ccccc1)c1nc2c(Cl)cccc2s1. The van der Waals surface area contributed by atoms with E-state index < -0.39 is 0 Å². The first kappa shape index (κ1) is 20.1. The van der Waals surface area contributed by atoms with Crippen LogP contribution in [-0.2, 0) is 4.79 Å². The minimum absolute atomic E-state index is 0.0674. The molecule has 1 heterocycles. The fraction of sp³-hybridized carbons (Fsp3) is 0.300. The third-order valence-corrected chi connectivity index (χ3v) is 6.33. The number of anilines is 1. The van der Waals surface area contributed by atoms with Crippen molar-refractivity contribution in [2.24, 2.45) is 0 Å². The largest absolute Gasteiger partial charge is 0.309 e. The Labute approximate surface area is 173 Å². The molecule has 0 atom stereocenters. The van der Waals surface area contributed by atoms with E-state index in [1.165, 1.54) is 11.3 Å². The van der Waals surface area contributed by atoms with Crippen LogP contribution in [0.2, 0.25) is 5.02 Å². The third-order valence-electron chi connectivity index (χ3n) is 3.98. The topological polar surface area (TPSA) is 36.4 Å². The van der Waals surface area contributed by atoms with Crippen LogP contribution in [0.25, 0.3) is 10.2 Å². The molecule has 3 rings (SSSR count). The summed E-state index contributed by atoms with van der Waals surface area (Å²) in [6.07, 6.45) is 0.887. The maximum absolute atomic E-state index is 13.0. The quantitative estimate of drug-likeness (QED) is 0.480. The Balaban J connectivity index is 1.78. The smallest absolute Gasteiger partial charge is 0.239 e. The van der Waals surface area contributed by atoms with E-state index in [9.17, 15) is 4.79 Å². The summed E-state index contributed by atoms with van der Waals surface area (Å²) in [6.45, 7) is 1.56. The highest BCUT2D eigenvalue weighted by Gasteiger charge is 2.20. The molecule has 0 N–H and O–H groups in total. The zero-order chi connectivity index (χ0) is 19.2. The van der Waals surface area contributed by atoms with Gasteiger partial charge in [0.2, 0.25) is 5.91 Å². The molecular weight excluding hydrogens is 398 g/mol. The van der Waals surface area contributed by atoms with Gasteiger partial charge in [-0.1, -0.05) is 47.2 Å². The number of nitrogens with zero attached hydrogens (tertiary/aromatic N) is 3. The van der Waals surface area contributed by atoms with E-state index >= 15 is 0 Å². The monoisotopic (exact) mass is 419 g/mol. The first-order valence-corrected chi connectivity index (χ1v) is 10.9. The van der Waals surface area contributed by atoms with Gasteiger partial charge in [0, 0.05) is 11.4 Å². The van der Waals surface area contributed by atoms with E-state index in [1.54, 1.807) is 16.7 Å². The van der Waals surface area contributed by atoms with Crippen LogP contribution in [0.4, 0.5) is 5.13 Å². The molecule has 1 aromatic heterocycles. The zero-order valence-electron chi connectivity index (χ0n) is 15.4. The van der Waals surface area contributed by atoms with Crippen LogP contribution in [-0.4, -0.2) is 48.7 Å². The summed E-state index contributed by atoms with van der Waals surface area (Å²) in [7, 11) is 4.07. The highest BCUT2D eigenvalue weighted by atomic mass is 35.5. The summed E-state index contributed by atoms with van der Waals surface area (Å²) in [5.74, 6) is 0.452. The fourth-order valence-electron chi connectivity index (χ4n) is 2.63. The number of carbonyl (C=O) groups is 1. The molecule has 2 aromatic carbocycles. The number of benzene rings is 2. The Morgan fingerprint density at radius 1 is 1.11 bits per heavy atom. The number of carbonyl (C=O) groups excluding carboxylic acids is 1. The zero-order valence-corrected chi connectivity index (χ0v) is 17.8. The van der Waals surface area contributed by atoms with Crippen LogP contribution in [0.5, 0.6) is 0 Å². The van der Waals surface area contributed by atoms with Gasteiger partial charge in [-0.15, -0.1) is 11.8 Å². The molecular formula is C20H22ClN3OS2. The maximum atomic E-state index is 13.0. The van der Waals surface area contributed by atoms with Gasteiger partial charge in [-0.3, -0.25) is 9.69 Å². The molecule has 1 amide bonds. The van der Waals surface area contributed by atoms with E-state index in [-0.39, 0.29) is 5.91 Å². The summed E-state index contributed by atoms with van der Waals surface area (Å²) in [4.78, 5) is 22.7. The molecule has 0 bridgehead atoms. The van der Waals surface area contributed by atoms with Crippen LogP contribution >= 0.6 is 34.7 Å². The van der Waals surface area contributed by atoms with Crippen LogP contribution in [0.3, 0.4) is 0 Å². The lowest BCUT2D eigenvalue weighted by molar-refractivity contribution is -0.116. The predicted octanol–water partition coefficient (Wildman–Crippen LogP) is 5.03. The maximum Gasteiger partial charge on any atom is 0.239 e. The van der Waals surface area contributed by atoms with Crippen molar-refractivity contribution in [1.29, 1.82) is 0 Å². The van der Waals surface area contributed by atoms with Gasteiger partial charge in [0.25, 0.3) is 0 Å². The number of rotatable bonds is 8. The Kier molecular flexibility index (Phi) is 7.13. The molecule has 0 spiro atoms. The van der Waals surface area contributed by atoms with Crippen molar-refractivity contribution in [2.75, 3.05) is 37.8 Å². The van der Waals surface area contributed by atoms with Gasteiger partial charge < -0.3 is 4.90 Å². The number of aromatic nitrogens is 1. The second kappa shape index (κ2) is 9.55. The number of fused-ring (bicyclic) bond motifs is 1. The summed E-state index contributed by atoms with van der Waals surface area (Å²) in [5.41, 5.74) is 0.764. The molecule has 0 aliphatic heterocycles. The summed E-state index contributed by atoms with van der Waals surface area (Å²) in [6, 6.07) is 15.7. The van der Waals surface area contributed by atoms with Gasteiger partial charge in [0.15, 0.2) is 5.13 Å². The number of hydrogen-bond acceptors (Lipinski definition) is 5. The highest BCUT2D eigenvalue weighted by Crippen LogP contribution is 2.33. The summed E-state index contributed by atoms with van der Waals surface area (Å²) in [5, 5.41) is 1.34. The van der Waals surface area contributed by atoms with Crippen LogP contribution < -0.4 is 4.90 Å². The van der Waals surface area contributed by atoms with E-state index in [0.29, 0.717) is 17.3 Å². The number of amides is 1. The number of halogens is 1. The molecule has 27 heavy (non-hydrogen) atoms. The Morgan fingerprint density at radius 3 is 2.59 bits per heavy atom. The minimum atomic E-state index is 0.0674. The van der Waals surface area contributed by atoms with Gasteiger partial charge in [0.05, 0.1) is 15.5 Å². The lowest BCUT2D eigenvalue weighted by atomic mass is 10.3. The molecule has 142 valence electrons. The Bertz CT molecular complexity index is 899. The summed E-state index contributed by atoms with van der Waals surface area (Å²) < 4.78 is 0.999. The standard InChI is InChI=1S/C20H22ClN3OS2/c1-23(2)12-7-13-24(18(25)14-26-15-8-4-3-5-9-15)20-22-19-16(21)10-6-11-17(19)27-20/h3-6,8-11H,7,12-14H2,1-2H3. The van der Waals surface area contributed by atoms with E-state index in [1.807, 2.05) is 62.6 Å². The van der Waals surface area contributed by atoms with Crippen LogP contribution in [0, 0.1) is 0 Å². The predicted molar refractivity (Wildman–Crippen MR) is 117 cm³/mol. The average Bonchev–Trinajstić information content (AvgIpc) is 3.09. The summed E-state index contributed by atoms with van der Waals surface area (Å²) >= 11 is 9.34. The lowest BCUT2D eigenvalue weighted by Gasteiger charge is -2.21. The van der Waals surface area contributed by atoms with Crippen LogP contribution in [0.1, 0.15) is 6.42 Å². The van der Waals surface area contributed by atoms with Crippen molar-refractivity contribution in [2.45, 2.75) is 11.3 Å². The molecule has 0 fully saturated rings. The molecule has 0 radical (unpaired) electrons. The number of thiazole rings is 1. The third kappa shape index (κ3) is 5.45. The number of thioether (sulfide) groups is 1. The first-order valence-electron chi connectivity index (χ1n) is 8.72. The van der Waals surface area contributed by atoms with Gasteiger partial charge in [-0.25, -0.2) is 4.98 Å². The van der Waals surface area contributed by atoms with Crippen molar-refractivity contribution in [3.8, 4) is 0 Å². The van der Waals surface area contributed by atoms with Crippen molar-refractivity contribution in [3.63, 3.8) is 0 Å². The van der Waals surface area contributed by atoms with Crippen molar-refractivity contribution >= 4 is 56.0 Å². The molecule has 0 saturated carbocycles. The van der Waals surface area contributed by atoms with Gasteiger partial charge >= 0.3 is 0 Å². The van der Waals surface area contributed by atoms with Gasteiger partial charge in [-0.05, 0) is 51.3 Å². The second-order valence-electron chi connectivity index (χ2n) is 6.39. The van der Waals surface area contributed by atoms with Gasteiger partial charge in [0.1, 0.15) is 5.52 Å². The van der Waals surface area contributed by atoms with E-state index in [2.05, 4.69) is 9.88 Å². The molecule has 0 aliphatic rings. The molecule has 0 aliphatic carbocycles. The second-order valence-corrected chi connectivity index (χ2v) is 8.85. The van der Waals surface area contributed by atoms with Crippen LogP contribution in [0.15, 0.2) is 53.4 Å². The average molecular weight is 420 g/mol. The minimum Gasteiger partial charge on any atom is -0.309 e. The van der Waals surface area contributed by atoms with E-state index in [4.69, 9.17) is 11.6 Å². The Morgan fingerprint density at radius 2 is 1.89 bits per heavy atom. The first-order chi connectivity index (χ1) is 13.0. The van der Waals surface area contributed by atoms with Crippen molar-refractivity contribution < 1.29 is 4.79 Å². The molecule has 3 aromatic rings. The van der Waals surface area contributed by atoms with E-state index in [0.717, 1.165) is 33.2 Å². The molecule has 7 heteroatoms. The molecule has 0 unspecified atom stereocenters. The van der Waals surface area contributed by atoms with Gasteiger partial charge in [-0.2, -0.15) is 0 Å². The number of para-hydroxylation sites is 1. The lowest BCUT2D eigenvalue weighted by Crippen LogP contribution is -2.34. The van der Waals surface area contributed by atoms with Crippen molar-refractivity contribution in [1.82, 2.24) is 9.88 Å². The molecule has 0 saturated heterocycles.